The summed E-state index contributed by atoms with van der Waals surface area (Å²) in [7, 11) is 0. The first-order valence-electron chi connectivity index (χ1n) is 4.31. The molecule has 0 heterocycles. The fourth-order valence-electron chi connectivity index (χ4n) is 0.804. The molecule has 0 aromatic rings. The van der Waals surface area contributed by atoms with Gasteiger partial charge in [0.1, 0.15) is 5.60 Å². The SMILES string of the molecule is CC(C)(C)OC(=O)C[C@@H](O)CCCl. The molecule has 0 saturated carbocycles. The highest BCUT2D eigenvalue weighted by Crippen LogP contribution is 2.10. The summed E-state index contributed by atoms with van der Waals surface area (Å²) in [4.78, 5) is 11.1. The Morgan fingerprint density at radius 2 is 2.08 bits per heavy atom. The number of carbonyl (C=O) groups is 1. The maximum atomic E-state index is 11.1. The van der Waals surface area contributed by atoms with Gasteiger partial charge in [-0.15, -0.1) is 11.6 Å². The van der Waals surface area contributed by atoms with Gasteiger partial charge in [0.05, 0.1) is 12.5 Å². The smallest absolute Gasteiger partial charge is 0.308 e. The lowest BCUT2D eigenvalue weighted by molar-refractivity contribution is -0.157. The first-order valence-corrected chi connectivity index (χ1v) is 4.84. The van der Waals surface area contributed by atoms with Crippen LogP contribution in [0.5, 0.6) is 0 Å². The van der Waals surface area contributed by atoms with Crippen LogP contribution in [0.2, 0.25) is 0 Å². The van der Waals surface area contributed by atoms with E-state index in [4.69, 9.17) is 16.3 Å². The van der Waals surface area contributed by atoms with Crippen molar-refractivity contribution in [3.63, 3.8) is 0 Å². The molecule has 0 amide bonds. The number of esters is 1. The molecule has 0 aliphatic rings. The second-order valence-corrected chi connectivity index (χ2v) is 4.30. The Labute approximate surface area is 84.0 Å². The predicted molar refractivity (Wildman–Crippen MR) is 51.8 cm³/mol. The molecule has 1 N–H and O–H groups in total. The van der Waals surface area contributed by atoms with Gasteiger partial charge in [0.2, 0.25) is 0 Å². The lowest BCUT2D eigenvalue weighted by atomic mass is 10.1. The van der Waals surface area contributed by atoms with Crippen LogP contribution in [0.25, 0.3) is 0 Å². The maximum Gasteiger partial charge on any atom is 0.308 e. The first kappa shape index (κ1) is 12.7. The van der Waals surface area contributed by atoms with Crippen LogP contribution in [0, 0.1) is 0 Å². The zero-order valence-corrected chi connectivity index (χ0v) is 9.10. The van der Waals surface area contributed by atoms with E-state index in [-0.39, 0.29) is 12.4 Å². The molecule has 4 heteroatoms. The van der Waals surface area contributed by atoms with Gasteiger partial charge in [0, 0.05) is 5.88 Å². The summed E-state index contributed by atoms with van der Waals surface area (Å²) < 4.78 is 5.01. The molecule has 1 atom stereocenters. The second-order valence-electron chi connectivity index (χ2n) is 3.92. The van der Waals surface area contributed by atoms with E-state index in [0.717, 1.165) is 0 Å². The number of rotatable bonds is 4. The summed E-state index contributed by atoms with van der Waals surface area (Å²) in [5.41, 5.74) is -0.488. The van der Waals surface area contributed by atoms with Crippen LogP contribution >= 0.6 is 11.6 Å². The van der Waals surface area contributed by atoms with Crippen molar-refractivity contribution in [2.75, 3.05) is 5.88 Å². The van der Waals surface area contributed by atoms with Crippen LogP contribution in [-0.2, 0) is 9.53 Å². The molecule has 0 aliphatic carbocycles. The molecule has 0 aliphatic heterocycles. The Hall–Kier alpha value is -0.280. The minimum atomic E-state index is -0.688. The summed E-state index contributed by atoms with van der Waals surface area (Å²) in [5, 5.41) is 9.23. The quantitative estimate of drug-likeness (QED) is 0.565. The molecule has 0 unspecified atom stereocenters. The van der Waals surface area contributed by atoms with Crippen LogP contribution in [0.4, 0.5) is 0 Å². The van der Waals surface area contributed by atoms with Crippen LogP contribution in [0.1, 0.15) is 33.6 Å². The Balaban J connectivity index is 3.74. The van der Waals surface area contributed by atoms with Crippen molar-refractivity contribution in [1.29, 1.82) is 0 Å². The van der Waals surface area contributed by atoms with Gasteiger partial charge in [-0.2, -0.15) is 0 Å². The Morgan fingerprint density at radius 3 is 2.46 bits per heavy atom. The van der Waals surface area contributed by atoms with E-state index in [0.29, 0.717) is 12.3 Å². The normalized spacial score (nSPS) is 13.9. The topological polar surface area (TPSA) is 46.5 Å². The van der Waals surface area contributed by atoms with Gasteiger partial charge in [-0.1, -0.05) is 0 Å². The molecule has 0 spiro atoms. The summed E-state index contributed by atoms with van der Waals surface area (Å²) in [6, 6.07) is 0. The lowest BCUT2D eigenvalue weighted by Gasteiger charge is -2.20. The molecule has 3 nitrogen and oxygen atoms in total. The molecule has 0 saturated heterocycles. The first-order chi connectivity index (χ1) is 5.85. The average molecular weight is 209 g/mol. The van der Waals surface area contributed by atoms with Crippen molar-refractivity contribution in [3.8, 4) is 0 Å². The van der Waals surface area contributed by atoms with E-state index in [2.05, 4.69) is 0 Å². The average Bonchev–Trinajstić information content (AvgIpc) is 1.81. The van der Waals surface area contributed by atoms with Crippen molar-refractivity contribution >= 4 is 17.6 Å². The van der Waals surface area contributed by atoms with Gasteiger partial charge in [0.15, 0.2) is 0 Å². The maximum absolute atomic E-state index is 11.1. The number of ether oxygens (including phenoxy) is 1. The van der Waals surface area contributed by atoms with Crippen LogP contribution in [0.3, 0.4) is 0 Å². The molecule has 0 bridgehead atoms. The van der Waals surface area contributed by atoms with E-state index in [1.807, 2.05) is 0 Å². The third-order valence-electron chi connectivity index (χ3n) is 1.26. The van der Waals surface area contributed by atoms with Crippen LogP contribution in [0.15, 0.2) is 0 Å². The fraction of sp³-hybridized carbons (Fsp3) is 0.889. The van der Waals surface area contributed by atoms with Gasteiger partial charge >= 0.3 is 5.97 Å². The molecule has 78 valence electrons. The zero-order chi connectivity index (χ0) is 10.5. The molecular formula is C9H17ClO3. The monoisotopic (exact) mass is 208 g/mol. The number of hydrogen-bond acceptors (Lipinski definition) is 3. The molecule has 0 fully saturated rings. The van der Waals surface area contributed by atoms with E-state index >= 15 is 0 Å². The van der Waals surface area contributed by atoms with Crippen LogP contribution < -0.4 is 0 Å². The summed E-state index contributed by atoms with van der Waals surface area (Å²) in [6.45, 7) is 5.37. The third-order valence-corrected chi connectivity index (χ3v) is 1.48. The lowest BCUT2D eigenvalue weighted by Crippen LogP contribution is -2.26. The number of alkyl halides is 1. The van der Waals surface area contributed by atoms with E-state index in [1.165, 1.54) is 0 Å². The van der Waals surface area contributed by atoms with Crippen molar-refractivity contribution in [2.24, 2.45) is 0 Å². The molecule has 0 aromatic heterocycles. The predicted octanol–water partition coefficient (Wildman–Crippen LogP) is 1.71. The molecule has 0 radical (unpaired) electrons. The van der Waals surface area contributed by atoms with E-state index in [9.17, 15) is 9.90 Å². The Morgan fingerprint density at radius 1 is 1.54 bits per heavy atom. The van der Waals surface area contributed by atoms with Crippen molar-refractivity contribution in [3.05, 3.63) is 0 Å². The van der Waals surface area contributed by atoms with Gasteiger partial charge in [-0.05, 0) is 27.2 Å². The summed E-state index contributed by atoms with van der Waals surface area (Å²) in [6.07, 6.45) is -0.252. The van der Waals surface area contributed by atoms with Gasteiger partial charge in [0.25, 0.3) is 0 Å². The second kappa shape index (κ2) is 5.45. The minimum absolute atomic E-state index is 0.0178. The number of hydrogen-bond donors (Lipinski definition) is 1. The number of aliphatic hydroxyl groups is 1. The van der Waals surface area contributed by atoms with Crippen molar-refractivity contribution in [1.82, 2.24) is 0 Å². The Bertz CT molecular complexity index is 163. The Kier molecular flexibility index (Phi) is 5.33. The standard InChI is InChI=1S/C9H17ClO3/c1-9(2,3)13-8(12)6-7(11)4-5-10/h7,11H,4-6H2,1-3H3/t7-/m0/s1. The third kappa shape index (κ3) is 8.06. The van der Waals surface area contributed by atoms with E-state index < -0.39 is 11.7 Å². The largest absolute Gasteiger partial charge is 0.460 e. The number of halogens is 1. The van der Waals surface area contributed by atoms with Crippen molar-refractivity contribution in [2.45, 2.75) is 45.3 Å². The fourth-order valence-corrected chi connectivity index (χ4v) is 1.06. The van der Waals surface area contributed by atoms with Crippen molar-refractivity contribution < 1.29 is 14.6 Å². The van der Waals surface area contributed by atoms with Crippen LogP contribution in [-0.4, -0.2) is 28.7 Å². The minimum Gasteiger partial charge on any atom is -0.460 e. The molecule has 0 rings (SSSR count). The van der Waals surface area contributed by atoms with Gasteiger partial charge in [-0.3, -0.25) is 4.79 Å². The zero-order valence-electron chi connectivity index (χ0n) is 8.34. The molecule has 13 heavy (non-hydrogen) atoms. The number of carbonyl (C=O) groups excluding carboxylic acids is 1. The highest BCUT2D eigenvalue weighted by Gasteiger charge is 2.18. The summed E-state index contributed by atoms with van der Waals surface area (Å²) >= 11 is 5.40. The molecular weight excluding hydrogens is 192 g/mol. The van der Waals surface area contributed by atoms with E-state index in [1.54, 1.807) is 20.8 Å². The highest BCUT2D eigenvalue weighted by atomic mass is 35.5. The molecule has 0 aromatic carbocycles. The van der Waals surface area contributed by atoms with Gasteiger partial charge < -0.3 is 9.84 Å². The van der Waals surface area contributed by atoms with Gasteiger partial charge in [-0.25, -0.2) is 0 Å². The summed E-state index contributed by atoms with van der Waals surface area (Å²) in [5.74, 6) is -0.0330. The highest BCUT2D eigenvalue weighted by molar-refractivity contribution is 6.17. The number of aliphatic hydroxyl groups excluding tert-OH is 1.